The maximum atomic E-state index is 12.5. The lowest BCUT2D eigenvalue weighted by Gasteiger charge is -2.26. The van der Waals surface area contributed by atoms with Crippen molar-refractivity contribution < 1.29 is 14.3 Å². The molecular formula is C22H24N2O3S. The summed E-state index contributed by atoms with van der Waals surface area (Å²) in [6.45, 7) is 0. The molecule has 2 atom stereocenters. The van der Waals surface area contributed by atoms with Crippen molar-refractivity contribution in [3.05, 3.63) is 53.4 Å². The molecule has 2 heterocycles. The number of para-hydroxylation sites is 1. The van der Waals surface area contributed by atoms with Gasteiger partial charge in [0.2, 0.25) is 5.91 Å². The van der Waals surface area contributed by atoms with Crippen LogP contribution in [-0.2, 0) is 4.79 Å². The van der Waals surface area contributed by atoms with Crippen LogP contribution in [0, 0.1) is 0 Å². The number of nitrogens with zero attached hydrogens (tertiary/aromatic N) is 1. The van der Waals surface area contributed by atoms with Crippen LogP contribution in [0.15, 0.2) is 47.1 Å². The largest absolute Gasteiger partial charge is 0.465 e. The van der Waals surface area contributed by atoms with Gasteiger partial charge in [-0.2, -0.15) is 0 Å². The molecule has 1 fully saturated rings. The Bertz CT molecular complexity index is 928. The van der Waals surface area contributed by atoms with Gasteiger partial charge in [-0.25, -0.2) is 4.98 Å². The molecule has 0 radical (unpaired) electrons. The number of carbonyl (C=O) groups is 1. The SMILES string of the molecule is O=C(CC/C(=C/c1ccco1)c1nc2ccccc2s1)NC1CCCC(O)C1. The topological polar surface area (TPSA) is 75.4 Å². The second-order valence-corrected chi connectivity index (χ2v) is 8.29. The van der Waals surface area contributed by atoms with Crippen LogP contribution >= 0.6 is 11.3 Å². The van der Waals surface area contributed by atoms with Crippen LogP contribution in [0.25, 0.3) is 21.9 Å². The highest BCUT2D eigenvalue weighted by Gasteiger charge is 2.21. The molecule has 1 aromatic carbocycles. The number of aliphatic hydroxyl groups excluding tert-OH is 1. The number of fused-ring (bicyclic) bond motifs is 1. The van der Waals surface area contributed by atoms with E-state index in [1.807, 2.05) is 36.4 Å². The second kappa shape index (κ2) is 8.71. The summed E-state index contributed by atoms with van der Waals surface area (Å²) in [6, 6.07) is 11.9. The van der Waals surface area contributed by atoms with E-state index in [2.05, 4.69) is 11.4 Å². The van der Waals surface area contributed by atoms with Crippen molar-refractivity contribution in [3.8, 4) is 0 Å². The van der Waals surface area contributed by atoms with Gasteiger partial charge in [0.05, 0.1) is 22.6 Å². The van der Waals surface area contributed by atoms with Gasteiger partial charge in [-0.3, -0.25) is 4.79 Å². The van der Waals surface area contributed by atoms with Crippen LogP contribution < -0.4 is 5.32 Å². The number of rotatable bonds is 6. The number of amides is 1. The zero-order valence-corrected chi connectivity index (χ0v) is 16.5. The molecular weight excluding hydrogens is 372 g/mol. The van der Waals surface area contributed by atoms with Crippen molar-refractivity contribution in [2.24, 2.45) is 0 Å². The fraction of sp³-hybridized carbons (Fsp3) is 0.364. The highest BCUT2D eigenvalue weighted by atomic mass is 32.1. The van der Waals surface area contributed by atoms with Crippen molar-refractivity contribution in [2.75, 3.05) is 0 Å². The zero-order valence-electron chi connectivity index (χ0n) is 15.6. The highest BCUT2D eigenvalue weighted by Crippen LogP contribution is 2.31. The number of aliphatic hydroxyl groups is 1. The minimum absolute atomic E-state index is 0.0190. The first kappa shape index (κ1) is 18.9. The molecule has 1 saturated carbocycles. The third kappa shape index (κ3) is 4.69. The second-order valence-electron chi connectivity index (χ2n) is 7.26. The number of carbonyl (C=O) groups excluding carboxylic acids is 1. The van der Waals surface area contributed by atoms with E-state index in [1.165, 1.54) is 0 Å². The molecule has 1 amide bonds. The van der Waals surface area contributed by atoms with Gasteiger partial charge in [0.25, 0.3) is 0 Å². The van der Waals surface area contributed by atoms with Crippen molar-refractivity contribution in [1.29, 1.82) is 0 Å². The Hall–Kier alpha value is -2.44. The third-order valence-corrected chi connectivity index (χ3v) is 6.17. The molecule has 0 aliphatic heterocycles. The van der Waals surface area contributed by atoms with E-state index in [-0.39, 0.29) is 18.1 Å². The average Bonchev–Trinajstić information content (AvgIpc) is 3.34. The minimum Gasteiger partial charge on any atom is -0.465 e. The van der Waals surface area contributed by atoms with E-state index in [9.17, 15) is 9.90 Å². The number of hydrogen-bond acceptors (Lipinski definition) is 5. The van der Waals surface area contributed by atoms with Crippen molar-refractivity contribution in [1.82, 2.24) is 10.3 Å². The summed E-state index contributed by atoms with van der Waals surface area (Å²) in [5.74, 6) is 0.774. The molecule has 28 heavy (non-hydrogen) atoms. The minimum atomic E-state index is -0.295. The van der Waals surface area contributed by atoms with E-state index in [0.29, 0.717) is 19.3 Å². The molecule has 3 aromatic rings. The number of allylic oxidation sites excluding steroid dienone is 1. The molecule has 146 valence electrons. The van der Waals surface area contributed by atoms with E-state index in [0.717, 1.165) is 45.8 Å². The molecule has 6 heteroatoms. The summed E-state index contributed by atoms with van der Waals surface area (Å²) in [6.07, 6.45) is 7.67. The summed E-state index contributed by atoms with van der Waals surface area (Å²) >= 11 is 1.63. The molecule has 5 nitrogen and oxygen atoms in total. The van der Waals surface area contributed by atoms with Gasteiger partial charge in [-0.15, -0.1) is 11.3 Å². The number of benzene rings is 1. The smallest absolute Gasteiger partial charge is 0.220 e. The van der Waals surface area contributed by atoms with E-state index in [1.54, 1.807) is 17.6 Å². The Morgan fingerprint density at radius 1 is 1.25 bits per heavy atom. The standard InChI is InChI=1S/C22H24N2O3S/c25-17-6-3-5-16(14-17)23-21(26)11-10-15(13-18-7-4-12-27-18)22-24-19-8-1-2-9-20(19)28-22/h1-2,4,7-9,12-13,16-17,25H,3,5-6,10-11,14H2,(H,23,26)/b15-13-. The van der Waals surface area contributed by atoms with E-state index < -0.39 is 0 Å². The molecule has 2 aromatic heterocycles. The van der Waals surface area contributed by atoms with Gasteiger partial charge in [0.1, 0.15) is 10.8 Å². The van der Waals surface area contributed by atoms with Gasteiger partial charge >= 0.3 is 0 Å². The van der Waals surface area contributed by atoms with Crippen LogP contribution in [0.3, 0.4) is 0 Å². The van der Waals surface area contributed by atoms with E-state index >= 15 is 0 Å². The van der Waals surface area contributed by atoms with Gasteiger partial charge in [-0.1, -0.05) is 12.1 Å². The lowest BCUT2D eigenvalue weighted by molar-refractivity contribution is -0.122. The summed E-state index contributed by atoms with van der Waals surface area (Å²) in [5.41, 5.74) is 1.96. The Labute approximate surface area is 168 Å². The van der Waals surface area contributed by atoms with Crippen molar-refractivity contribution >= 4 is 39.1 Å². The zero-order chi connectivity index (χ0) is 19.3. The molecule has 0 bridgehead atoms. The van der Waals surface area contributed by atoms with Crippen molar-refractivity contribution in [3.63, 3.8) is 0 Å². The average molecular weight is 397 g/mol. The fourth-order valence-electron chi connectivity index (χ4n) is 3.64. The van der Waals surface area contributed by atoms with Crippen LogP contribution in [0.2, 0.25) is 0 Å². The summed E-state index contributed by atoms with van der Waals surface area (Å²) in [7, 11) is 0. The Kier molecular flexibility index (Phi) is 5.88. The number of thiazole rings is 1. The number of furan rings is 1. The van der Waals surface area contributed by atoms with Gasteiger partial charge < -0.3 is 14.8 Å². The van der Waals surface area contributed by atoms with Crippen molar-refractivity contribution in [2.45, 2.75) is 50.7 Å². The maximum Gasteiger partial charge on any atom is 0.220 e. The lowest BCUT2D eigenvalue weighted by Crippen LogP contribution is -2.39. The predicted octanol–water partition coefficient (Wildman–Crippen LogP) is 4.63. The molecule has 1 aliphatic carbocycles. The monoisotopic (exact) mass is 396 g/mol. The number of hydrogen-bond donors (Lipinski definition) is 2. The Balaban J connectivity index is 1.47. The van der Waals surface area contributed by atoms with Crippen LogP contribution in [0.5, 0.6) is 0 Å². The Morgan fingerprint density at radius 2 is 2.14 bits per heavy atom. The fourth-order valence-corrected chi connectivity index (χ4v) is 4.65. The third-order valence-electron chi connectivity index (χ3n) is 5.06. The van der Waals surface area contributed by atoms with Crippen LogP contribution in [0.1, 0.15) is 49.3 Å². The van der Waals surface area contributed by atoms with Gasteiger partial charge in [0, 0.05) is 12.5 Å². The molecule has 0 saturated heterocycles. The molecule has 4 rings (SSSR count). The molecule has 0 spiro atoms. The molecule has 1 aliphatic rings. The number of nitrogens with one attached hydrogen (secondary N) is 1. The Morgan fingerprint density at radius 3 is 2.93 bits per heavy atom. The normalized spacial score (nSPS) is 20.4. The predicted molar refractivity (Wildman–Crippen MR) is 112 cm³/mol. The number of aromatic nitrogens is 1. The summed E-state index contributed by atoms with van der Waals surface area (Å²) < 4.78 is 6.60. The van der Waals surface area contributed by atoms with Crippen LogP contribution in [-0.4, -0.2) is 28.1 Å². The lowest BCUT2D eigenvalue weighted by atomic mass is 9.93. The van der Waals surface area contributed by atoms with Gasteiger partial charge in [0.15, 0.2) is 0 Å². The van der Waals surface area contributed by atoms with E-state index in [4.69, 9.17) is 9.40 Å². The van der Waals surface area contributed by atoms with Gasteiger partial charge in [-0.05, 0) is 68.0 Å². The quantitative estimate of drug-likeness (QED) is 0.637. The van der Waals surface area contributed by atoms with Crippen LogP contribution in [0.4, 0.5) is 0 Å². The highest BCUT2D eigenvalue weighted by molar-refractivity contribution is 7.19. The summed E-state index contributed by atoms with van der Waals surface area (Å²) in [5, 5.41) is 13.8. The maximum absolute atomic E-state index is 12.5. The molecule has 2 unspecified atom stereocenters. The first-order valence-corrected chi connectivity index (χ1v) is 10.6. The summed E-state index contributed by atoms with van der Waals surface area (Å²) in [4.78, 5) is 17.2. The first-order chi connectivity index (χ1) is 13.7. The molecule has 2 N–H and O–H groups in total. The first-order valence-electron chi connectivity index (χ1n) is 9.75.